The fourth-order valence-corrected chi connectivity index (χ4v) is 9.21. The van der Waals surface area contributed by atoms with Crippen LogP contribution >= 0.6 is 7.82 Å². The Kier molecular flexibility index (Phi) is 15.5. The Hall–Kier alpha value is -6.87. The summed E-state index contributed by atoms with van der Waals surface area (Å²) in [6.07, 6.45) is 3.82. The van der Waals surface area contributed by atoms with E-state index in [4.69, 9.17) is 34.5 Å². The molecular formula is C46H61N12O10P. The molecule has 0 spiro atoms. The van der Waals surface area contributed by atoms with Crippen LogP contribution in [0.4, 0.5) is 0 Å². The second-order valence-electron chi connectivity index (χ2n) is 18.0. The van der Waals surface area contributed by atoms with Gasteiger partial charge in [-0.3, -0.25) is 42.1 Å². The van der Waals surface area contributed by atoms with E-state index >= 15 is 0 Å². The molecule has 69 heavy (non-hydrogen) atoms. The maximum atomic E-state index is 13.9. The number of aromatic amines is 2. The van der Waals surface area contributed by atoms with Crippen LogP contribution in [-0.4, -0.2) is 93.8 Å². The second kappa shape index (κ2) is 20.8. The lowest BCUT2D eigenvalue weighted by Gasteiger charge is -2.30. The monoisotopic (exact) mass is 972 g/mol. The fraction of sp³-hybridized carbons (Fsp3) is 0.435. The van der Waals surface area contributed by atoms with Crippen molar-refractivity contribution >= 4 is 53.5 Å². The smallest absolute Gasteiger partial charge is 0.475 e. The van der Waals surface area contributed by atoms with Gasteiger partial charge in [-0.15, -0.1) is 0 Å². The first-order valence-electron chi connectivity index (χ1n) is 22.3. The number of phosphoric ester groups is 1. The highest BCUT2D eigenvalue weighted by Gasteiger charge is 2.37. The molecule has 4 aromatic heterocycles. The summed E-state index contributed by atoms with van der Waals surface area (Å²) in [5.41, 5.74) is 13.9. The molecule has 4 amide bonds. The Morgan fingerprint density at radius 1 is 0.696 bits per heavy atom. The number of carbonyl (C=O) groups is 4. The van der Waals surface area contributed by atoms with E-state index in [1.165, 1.54) is 25.3 Å². The lowest BCUT2D eigenvalue weighted by Crippen LogP contribution is -2.25. The first kappa shape index (κ1) is 51.5. The van der Waals surface area contributed by atoms with Gasteiger partial charge in [-0.2, -0.15) is 20.2 Å². The van der Waals surface area contributed by atoms with Crippen LogP contribution in [0, 0.1) is 13.8 Å². The Balaban J connectivity index is 1.41. The largest absolute Gasteiger partial charge is 0.494 e. The second-order valence-corrected chi connectivity index (χ2v) is 19.5. The first-order chi connectivity index (χ1) is 32.4. The highest BCUT2D eigenvalue weighted by atomic mass is 31.2. The van der Waals surface area contributed by atoms with Crippen molar-refractivity contribution in [2.24, 2.45) is 21.5 Å². The predicted octanol–water partition coefficient (Wildman–Crippen LogP) is 5.77. The summed E-state index contributed by atoms with van der Waals surface area (Å²) < 4.78 is 49.4. The molecule has 4 heterocycles. The highest BCUT2D eigenvalue weighted by molar-refractivity contribution is 7.48. The summed E-state index contributed by atoms with van der Waals surface area (Å²) in [5.74, 6) is -2.03. The van der Waals surface area contributed by atoms with E-state index in [-0.39, 0.29) is 72.2 Å². The Bertz CT molecular complexity index is 3130. The summed E-state index contributed by atoms with van der Waals surface area (Å²) in [6, 6.07) is 9.37. The molecule has 0 bridgehead atoms. The number of phosphoric acid groups is 1. The number of amides is 4. The van der Waals surface area contributed by atoms with Gasteiger partial charge in [-0.05, 0) is 106 Å². The zero-order valence-electron chi connectivity index (χ0n) is 40.8. The van der Waals surface area contributed by atoms with E-state index in [0.717, 1.165) is 0 Å². The molecular weight excluding hydrogens is 912 g/mol. The van der Waals surface area contributed by atoms with Crippen molar-refractivity contribution in [1.29, 1.82) is 0 Å². The van der Waals surface area contributed by atoms with Crippen LogP contribution in [0.3, 0.4) is 0 Å². The maximum absolute atomic E-state index is 13.9. The molecule has 0 aliphatic rings. The number of aryl methyl sites for hydroxylation is 4. The van der Waals surface area contributed by atoms with E-state index in [9.17, 15) is 23.7 Å². The highest BCUT2D eigenvalue weighted by Crippen LogP contribution is 2.55. The molecule has 22 nitrogen and oxygen atoms in total. The number of primary amides is 2. The number of nitrogens with one attached hydrogen (secondary N) is 2. The van der Waals surface area contributed by atoms with Crippen LogP contribution in [-0.2, 0) is 44.3 Å². The van der Waals surface area contributed by atoms with Gasteiger partial charge in [0.25, 0.3) is 11.8 Å². The molecule has 2 aromatic carbocycles. The number of rotatable bonds is 19. The summed E-state index contributed by atoms with van der Waals surface area (Å²) >= 11 is 0. The molecule has 0 aliphatic heterocycles. The zero-order chi connectivity index (χ0) is 50.6. The molecule has 0 aliphatic carbocycles. The van der Waals surface area contributed by atoms with E-state index in [0.29, 0.717) is 52.3 Å². The number of allylic oxidation sites excluding steroid dienone is 2. The van der Waals surface area contributed by atoms with Crippen molar-refractivity contribution in [2.45, 2.75) is 113 Å². The summed E-state index contributed by atoms with van der Waals surface area (Å²) in [7, 11) is -2.56. The van der Waals surface area contributed by atoms with Gasteiger partial charge in [0.1, 0.15) is 33.9 Å². The molecule has 0 atom stereocenters. The van der Waals surface area contributed by atoms with Gasteiger partial charge in [-0.25, -0.2) is 4.57 Å². The number of methoxy groups -OCH3 is 1. The standard InChI is InChI=1S/C46H61N12O10P/c1-12-57-33(21-27(3)53-57)41(61)51-43-49-31-23-29(39(47)59)25-35(64-11)37(31)55(43)17-14-15-18-56-38-32(50-44(56)52-42(62)34-22-28(4)54-58(34)13-2)24-30(40(48)60)26-36(38)65-19-16-20-66-69(63,67-45(5,6)7)68-46(8,9)10/h14-15,21-26H,12-13,16-20H2,1-11H3,(H2,47,59)(H2,48,60)(H,49,51,61)(H,50,52,62)/b15-14+. The number of hydrogen-bond donors (Lipinski definition) is 4. The first-order valence-corrected chi connectivity index (χ1v) is 23.8. The molecule has 6 rings (SSSR count). The summed E-state index contributed by atoms with van der Waals surface area (Å²) in [6.45, 7) is 18.7. The number of ether oxygens (including phenoxy) is 2. The molecule has 0 radical (unpaired) electrons. The van der Waals surface area contributed by atoms with Crippen molar-refractivity contribution < 1.29 is 46.8 Å². The number of nitrogens with zero attached hydrogens (tertiary/aromatic N) is 8. The van der Waals surface area contributed by atoms with E-state index in [1.54, 1.807) is 104 Å². The molecule has 0 fully saturated rings. The third-order valence-corrected chi connectivity index (χ3v) is 12.1. The minimum absolute atomic E-state index is 0.0177. The van der Waals surface area contributed by atoms with Crippen LogP contribution in [0.2, 0.25) is 0 Å². The lowest BCUT2D eigenvalue weighted by atomic mass is 10.1. The molecule has 0 saturated heterocycles. The molecule has 0 unspecified atom stereocenters. The number of hydrogen-bond acceptors (Lipinski definition) is 12. The Morgan fingerprint density at radius 3 is 1.54 bits per heavy atom. The lowest BCUT2D eigenvalue weighted by molar-refractivity contribution is 0.00231. The average Bonchev–Trinajstić information content (AvgIpc) is 4.02. The number of fused-ring (bicyclic) bond motifs is 2. The third-order valence-electron chi connectivity index (χ3n) is 10.0. The number of imidazole rings is 2. The van der Waals surface area contributed by atoms with Crippen molar-refractivity contribution in [2.75, 3.05) is 20.3 Å². The van der Waals surface area contributed by atoms with Crippen molar-refractivity contribution in [3.63, 3.8) is 0 Å². The number of benzene rings is 2. The normalized spacial score (nSPS) is 13.1. The van der Waals surface area contributed by atoms with E-state index < -0.39 is 42.7 Å². The van der Waals surface area contributed by atoms with Gasteiger partial charge in [0.2, 0.25) is 23.1 Å². The van der Waals surface area contributed by atoms with Gasteiger partial charge in [0, 0.05) is 43.7 Å². The van der Waals surface area contributed by atoms with Crippen molar-refractivity contribution in [1.82, 2.24) is 38.7 Å². The number of H-pyrrole nitrogens is 2. The van der Waals surface area contributed by atoms with Crippen LogP contribution in [0.1, 0.15) is 115 Å². The zero-order valence-corrected chi connectivity index (χ0v) is 41.7. The van der Waals surface area contributed by atoms with Crippen LogP contribution < -0.4 is 32.2 Å². The van der Waals surface area contributed by atoms with Crippen LogP contribution in [0.15, 0.2) is 58.5 Å². The Labute approximate surface area is 397 Å². The maximum Gasteiger partial charge on any atom is 0.475 e. The summed E-state index contributed by atoms with van der Waals surface area (Å²) in [5, 5.41) is 8.80. The SMILES string of the molecule is CCn1nc(C)cc1C(=O)/N=c1/[nH]c2cc(C(N)=O)cc(OC)c2n1C/C=C/Cn1/c(=N\C(=O)c2cc(C)nn2CC)[nH]c2cc(C(N)=O)cc(OCCCOP(=O)(OC(C)(C)C)OC(C)(C)C)c21. The van der Waals surface area contributed by atoms with Crippen LogP contribution in [0.25, 0.3) is 22.1 Å². The molecule has 6 aromatic rings. The fourth-order valence-electron chi connectivity index (χ4n) is 7.38. The van der Waals surface area contributed by atoms with Gasteiger partial charge in [0.15, 0.2) is 0 Å². The van der Waals surface area contributed by atoms with Crippen molar-refractivity contribution in [3.05, 3.63) is 93.7 Å². The number of nitrogens with two attached hydrogens (primary N) is 2. The van der Waals surface area contributed by atoms with E-state index in [1.807, 2.05) is 13.8 Å². The average molecular weight is 973 g/mol. The molecule has 0 saturated carbocycles. The van der Waals surface area contributed by atoms with Crippen molar-refractivity contribution in [3.8, 4) is 11.5 Å². The minimum Gasteiger partial charge on any atom is -0.494 e. The molecule has 370 valence electrons. The molecule has 23 heteroatoms. The quantitative estimate of drug-likeness (QED) is 0.0428. The van der Waals surface area contributed by atoms with Gasteiger partial charge >= 0.3 is 7.82 Å². The Morgan fingerprint density at radius 2 is 1.13 bits per heavy atom. The number of carbonyl (C=O) groups excluding carboxylic acids is 4. The molecule has 6 N–H and O–H groups in total. The van der Waals surface area contributed by atoms with Gasteiger partial charge in [-0.1, -0.05) is 12.2 Å². The summed E-state index contributed by atoms with van der Waals surface area (Å²) in [4.78, 5) is 67.8. The topological polar surface area (TPSA) is 285 Å². The third kappa shape index (κ3) is 12.4. The minimum atomic E-state index is -4.01. The van der Waals surface area contributed by atoms with E-state index in [2.05, 4.69) is 30.2 Å². The number of aromatic nitrogens is 8. The van der Waals surface area contributed by atoms with Crippen LogP contribution in [0.5, 0.6) is 11.5 Å². The van der Waals surface area contributed by atoms with Gasteiger partial charge in [0.05, 0.1) is 53.9 Å². The predicted molar refractivity (Wildman–Crippen MR) is 256 cm³/mol. The van der Waals surface area contributed by atoms with Gasteiger partial charge < -0.3 is 40.0 Å².